The first-order valence-electron chi connectivity index (χ1n) is 5.45. The molecule has 0 fully saturated rings. The first-order valence-corrected chi connectivity index (χ1v) is 5.45. The molecule has 1 N–H and O–H groups in total. The number of para-hydroxylation sites is 1. The van der Waals surface area contributed by atoms with Gasteiger partial charge in [0.2, 0.25) is 5.88 Å². The molecule has 0 bridgehead atoms. The number of hydrogen-bond donors (Lipinski definition) is 1. The normalized spacial score (nSPS) is 11.3. The predicted octanol–water partition coefficient (Wildman–Crippen LogP) is 2.35. The van der Waals surface area contributed by atoms with Gasteiger partial charge in [-0.2, -0.15) is 18.3 Å². The first-order chi connectivity index (χ1) is 9.38. The van der Waals surface area contributed by atoms with Crippen LogP contribution in [-0.4, -0.2) is 27.5 Å². The summed E-state index contributed by atoms with van der Waals surface area (Å²) in [5, 5.41) is 11.9. The Morgan fingerprint density at radius 3 is 2.50 bits per heavy atom. The van der Waals surface area contributed by atoms with E-state index in [9.17, 15) is 18.0 Å². The van der Waals surface area contributed by atoms with Gasteiger partial charge in [-0.05, 0) is 12.1 Å². The lowest BCUT2D eigenvalue weighted by molar-refractivity contribution is -0.141. The third-order valence-corrected chi connectivity index (χ3v) is 2.31. The second-order valence-electron chi connectivity index (χ2n) is 3.80. The molecule has 8 heteroatoms. The summed E-state index contributed by atoms with van der Waals surface area (Å²) in [6.07, 6.45) is -4.64. The third kappa shape index (κ3) is 3.08. The van der Waals surface area contributed by atoms with Crippen LogP contribution >= 0.6 is 0 Å². The quantitative estimate of drug-likeness (QED) is 0.937. The molecule has 5 nitrogen and oxygen atoms in total. The minimum atomic E-state index is -4.64. The van der Waals surface area contributed by atoms with Gasteiger partial charge in [0.15, 0.2) is 12.3 Å². The van der Waals surface area contributed by atoms with Crippen molar-refractivity contribution in [3.05, 3.63) is 42.1 Å². The lowest BCUT2D eigenvalue weighted by atomic mass is 10.3. The predicted molar refractivity (Wildman–Crippen MR) is 61.7 cm³/mol. The van der Waals surface area contributed by atoms with Crippen molar-refractivity contribution in [1.29, 1.82) is 0 Å². The Bertz CT molecular complexity index is 608. The largest absolute Gasteiger partial charge is 0.479 e. The van der Waals surface area contributed by atoms with Gasteiger partial charge >= 0.3 is 12.1 Å². The molecule has 2 aromatic rings. The zero-order valence-electron chi connectivity index (χ0n) is 9.96. The van der Waals surface area contributed by atoms with Crippen molar-refractivity contribution in [2.75, 3.05) is 6.61 Å². The van der Waals surface area contributed by atoms with E-state index in [1.54, 1.807) is 18.2 Å². The number of benzene rings is 1. The fraction of sp³-hybridized carbons (Fsp3) is 0.167. The van der Waals surface area contributed by atoms with Crippen LogP contribution in [0.25, 0.3) is 5.69 Å². The average Bonchev–Trinajstić information content (AvgIpc) is 2.81. The molecule has 1 heterocycles. The maximum Gasteiger partial charge on any atom is 0.435 e. The monoisotopic (exact) mass is 286 g/mol. The number of halogens is 3. The zero-order valence-corrected chi connectivity index (χ0v) is 9.96. The molecular weight excluding hydrogens is 277 g/mol. The van der Waals surface area contributed by atoms with Crippen molar-refractivity contribution in [2.45, 2.75) is 6.18 Å². The molecule has 0 unspecified atom stereocenters. The SMILES string of the molecule is O=C(O)COc1cc(C(F)(F)F)nn1-c1ccccc1. The van der Waals surface area contributed by atoms with E-state index in [0.717, 1.165) is 4.68 Å². The van der Waals surface area contributed by atoms with Crippen molar-refractivity contribution >= 4 is 5.97 Å². The van der Waals surface area contributed by atoms with Crippen LogP contribution in [0, 0.1) is 0 Å². The van der Waals surface area contributed by atoms with Gasteiger partial charge in [0.05, 0.1) is 5.69 Å². The molecule has 1 aromatic heterocycles. The molecule has 0 saturated heterocycles. The number of hydrogen-bond acceptors (Lipinski definition) is 3. The number of carboxylic acid groups (broad SMARTS) is 1. The van der Waals surface area contributed by atoms with Crippen molar-refractivity contribution in [2.24, 2.45) is 0 Å². The molecule has 2 rings (SSSR count). The fourth-order valence-corrected chi connectivity index (χ4v) is 1.50. The summed E-state index contributed by atoms with van der Waals surface area (Å²) in [4.78, 5) is 10.4. The molecule has 20 heavy (non-hydrogen) atoms. The number of aliphatic carboxylic acids is 1. The van der Waals surface area contributed by atoms with Gasteiger partial charge in [-0.3, -0.25) is 0 Å². The summed E-state index contributed by atoms with van der Waals surface area (Å²) >= 11 is 0. The van der Waals surface area contributed by atoms with Crippen LogP contribution in [0.15, 0.2) is 36.4 Å². The van der Waals surface area contributed by atoms with E-state index in [4.69, 9.17) is 9.84 Å². The number of carbonyl (C=O) groups is 1. The molecule has 0 saturated carbocycles. The van der Waals surface area contributed by atoms with E-state index in [0.29, 0.717) is 11.8 Å². The minimum absolute atomic E-state index is 0.286. The second kappa shape index (κ2) is 5.24. The van der Waals surface area contributed by atoms with Crippen molar-refractivity contribution in [3.8, 4) is 11.6 Å². The second-order valence-corrected chi connectivity index (χ2v) is 3.80. The number of carboxylic acids is 1. The van der Waals surface area contributed by atoms with Crippen LogP contribution in [0.5, 0.6) is 5.88 Å². The van der Waals surface area contributed by atoms with Crippen molar-refractivity contribution in [1.82, 2.24) is 9.78 Å². The summed E-state index contributed by atoms with van der Waals surface area (Å²) < 4.78 is 43.7. The Hall–Kier alpha value is -2.51. The summed E-state index contributed by atoms with van der Waals surface area (Å²) in [5.41, 5.74) is -0.815. The van der Waals surface area contributed by atoms with Crippen LogP contribution in [0.1, 0.15) is 5.69 Å². The van der Waals surface area contributed by atoms with Crippen molar-refractivity contribution < 1.29 is 27.8 Å². The van der Waals surface area contributed by atoms with Gasteiger partial charge in [0, 0.05) is 6.07 Å². The fourth-order valence-electron chi connectivity index (χ4n) is 1.50. The summed E-state index contributed by atoms with van der Waals surface area (Å²) in [7, 11) is 0. The maximum absolute atomic E-state index is 12.6. The molecular formula is C12H9F3N2O3. The lowest BCUT2D eigenvalue weighted by Gasteiger charge is -2.07. The van der Waals surface area contributed by atoms with E-state index >= 15 is 0 Å². The van der Waals surface area contributed by atoms with Crippen LogP contribution in [0.4, 0.5) is 13.2 Å². The number of aromatic nitrogens is 2. The highest BCUT2D eigenvalue weighted by Gasteiger charge is 2.35. The van der Waals surface area contributed by atoms with Gasteiger partial charge in [-0.1, -0.05) is 18.2 Å². The Kier molecular flexibility index (Phi) is 3.64. The van der Waals surface area contributed by atoms with Gasteiger partial charge in [-0.15, -0.1) is 0 Å². The number of nitrogens with zero attached hydrogens (tertiary/aromatic N) is 2. The van der Waals surface area contributed by atoms with Crippen LogP contribution in [0.2, 0.25) is 0 Å². The Morgan fingerprint density at radius 2 is 1.95 bits per heavy atom. The third-order valence-electron chi connectivity index (χ3n) is 2.31. The topological polar surface area (TPSA) is 64.3 Å². The van der Waals surface area contributed by atoms with Gasteiger partial charge < -0.3 is 9.84 Å². The zero-order chi connectivity index (χ0) is 14.8. The summed E-state index contributed by atoms with van der Waals surface area (Å²) in [6, 6.07) is 8.64. The molecule has 0 amide bonds. The Labute approximate surface area is 111 Å². The number of ether oxygens (including phenoxy) is 1. The summed E-state index contributed by atoms with van der Waals surface area (Å²) in [5.74, 6) is -1.58. The average molecular weight is 286 g/mol. The molecule has 0 aliphatic heterocycles. The van der Waals surface area contributed by atoms with E-state index in [-0.39, 0.29) is 5.88 Å². The van der Waals surface area contributed by atoms with E-state index < -0.39 is 24.4 Å². The molecule has 0 spiro atoms. The highest BCUT2D eigenvalue weighted by atomic mass is 19.4. The van der Waals surface area contributed by atoms with Crippen LogP contribution < -0.4 is 4.74 Å². The minimum Gasteiger partial charge on any atom is -0.479 e. The molecule has 106 valence electrons. The van der Waals surface area contributed by atoms with Crippen LogP contribution in [-0.2, 0) is 11.0 Å². The lowest BCUT2D eigenvalue weighted by Crippen LogP contribution is -2.12. The van der Waals surface area contributed by atoms with Crippen LogP contribution in [0.3, 0.4) is 0 Å². The van der Waals surface area contributed by atoms with Crippen molar-refractivity contribution in [3.63, 3.8) is 0 Å². The molecule has 0 aliphatic carbocycles. The van der Waals surface area contributed by atoms with Gasteiger partial charge in [0.1, 0.15) is 0 Å². The highest BCUT2D eigenvalue weighted by molar-refractivity contribution is 5.68. The van der Waals surface area contributed by atoms with E-state index in [1.807, 2.05) is 0 Å². The smallest absolute Gasteiger partial charge is 0.435 e. The maximum atomic E-state index is 12.6. The molecule has 0 atom stereocenters. The standard InChI is InChI=1S/C12H9F3N2O3/c13-12(14,15)9-6-10(20-7-11(18)19)17(16-9)8-4-2-1-3-5-8/h1-6H,7H2,(H,18,19). The summed E-state index contributed by atoms with van der Waals surface area (Å²) in [6.45, 7) is -0.754. The Morgan fingerprint density at radius 1 is 1.30 bits per heavy atom. The van der Waals surface area contributed by atoms with Gasteiger partial charge in [-0.25, -0.2) is 9.48 Å². The molecule has 0 aliphatic rings. The number of alkyl halides is 3. The van der Waals surface area contributed by atoms with Gasteiger partial charge in [0.25, 0.3) is 0 Å². The highest BCUT2D eigenvalue weighted by Crippen LogP contribution is 2.32. The number of rotatable bonds is 4. The van der Waals surface area contributed by atoms with E-state index in [2.05, 4.69) is 5.10 Å². The Balaban J connectivity index is 2.42. The molecule has 0 radical (unpaired) electrons. The van der Waals surface area contributed by atoms with E-state index in [1.165, 1.54) is 12.1 Å². The molecule has 1 aromatic carbocycles. The first kappa shape index (κ1) is 13.9.